The Morgan fingerprint density at radius 2 is 2.19 bits per heavy atom. The van der Waals surface area contributed by atoms with Crippen molar-refractivity contribution < 1.29 is 9.90 Å². The molecule has 1 unspecified atom stereocenters. The molecule has 2 N–H and O–H groups in total. The number of hydrogen-bond donors (Lipinski definition) is 2. The highest BCUT2D eigenvalue weighted by Gasteiger charge is 2.13. The second-order valence-corrected chi connectivity index (χ2v) is 5.27. The monoisotopic (exact) mass is 287 g/mol. The summed E-state index contributed by atoms with van der Waals surface area (Å²) in [5, 5.41) is 11.8. The van der Waals surface area contributed by atoms with E-state index in [-0.39, 0.29) is 18.6 Å². The predicted molar refractivity (Wildman–Crippen MR) is 86.2 cm³/mol. The van der Waals surface area contributed by atoms with Gasteiger partial charge in [0.15, 0.2) is 0 Å². The van der Waals surface area contributed by atoms with Crippen molar-refractivity contribution in [1.82, 2.24) is 5.32 Å². The van der Waals surface area contributed by atoms with Crippen molar-refractivity contribution in [3.8, 4) is 11.8 Å². The summed E-state index contributed by atoms with van der Waals surface area (Å²) in [6, 6.07) is 5.76. The van der Waals surface area contributed by atoms with E-state index in [0.29, 0.717) is 12.0 Å². The number of aliphatic hydroxyl groups excluding tert-OH is 1. The van der Waals surface area contributed by atoms with Crippen LogP contribution in [0, 0.1) is 18.8 Å². The first-order valence-electron chi connectivity index (χ1n) is 7.60. The summed E-state index contributed by atoms with van der Waals surface area (Å²) < 4.78 is 0. The van der Waals surface area contributed by atoms with Gasteiger partial charge in [-0.3, -0.25) is 4.79 Å². The fourth-order valence-electron chi connectivity index (χ4n) is 2.11. The summed E-state index contributed by atoms with van der Waals surface area (Å²) in [5.74, 6) is 5.86. The number of unbranched alkanes of at least 4 members (excludes halogenated alkanes) is 1. The van der Waals surface area contributed by atoms with Crippen LogP contribution in [0.3, 0.4) is 0 Å². The largest absolute Gasteiger partial charge is 0.395 e. The Labute approximate surface area is 127 Å². The molecule has 3 nitrogen and oxygen atoms in total. The van der Waals surface area contributed by atoms with Crippen LogP contribution in [0.4, 0.5) is 0 Å². The third-order valence-electron chi connectivity index (χ3n) is 3.41. The van der Waals surface area contributed by atoms with Crippen molar-refractivity contribution in [2.45, 2.75) is 52.5 Å². The highest BCUT2D eigenvalue weighted by atomic mass is 16.2. The maximum atomic E-state index is 12.3. The zero-order valence-electron chi connectivity index (χ0n) is 13.2. The van der Waals surface area contributed by atoms with E-state index in [0.717, 1.165) is 30.4 Å². The van der Waals surface area contributed by atoms with E-state index in [9.17, 15) is 4.79 Å². The van der Waals surface area contributed by atoms with Crippen LogP contribution in [0.5, 0.6) is 0 Å². The smallest absolute Gasteiger partial charge is 0.251 e. The van der Waals surface area contributed by atoms with Crippen LogP contribution in [0.1, 0.15) is 61.0 Å². The Balaban J connectivity index is 2.81. The SMILES string of the molecule is CCCCC(C)NC(=O)c1cccc(C#CCCO)c1C. The first kappa shape index (κ1) is 17.3. The van der Waals surface area contributed by atoms with Gasteiger partial charge in [0.25, 0.3) is 5.91 Å². The summed E-state index contributed by atoms with van der Waals surface area (Å²) in [6.07, 6.45) is 3.70. The number of carbonyl (C=O) groups excluding carboxylic acids is 1. The molecule has 21 heavy (non-hydrogen) atoms. The highest BCUT2D eigenvalue weighted by molar-refractivity contribution is 5.96. The standard InChI is InChI=1S/C18H25NO2/c1-4-5-9-14(2)19-18(21)17-12-8-11-16(15(17)3)10-6-7-13-20/h8,11-12,14,20H,4-5,7,9,13H2,1-3H3,(H,19,21). The van der Waals surface area contributed by atoms with Crippen molar-refractivity contribution >= 4 is 5.91 Å². The normalized spacial score (nSPS) is 11.4. The first-order chi connectivity index (χ1) is 10.1. The van der Waals surface area contributed by atoms with Gasteiger partial charge in [0.05, 0.1) is 6.61 Å². The number of aliphatic hydroxyl groups is 1. The van der Waals surface area contributed by atoms with Gasteiger partial charge in [0.1, 0.15) is 0 Å². The van der Waals surface area contributed by atoms with Crippen molar-refractivity contribution in [3.05, 3.63) is 34.9 Å². The lowest BCUT2D eigenvalue weighted by molar-refractivity contribution is 0.0937. The van der Waals surface area contributed by atoms with Gasteiger partial charge in [-0.15, -0.1) is 0 Å². The molecule has 0 aliphatic heterocycles. The molecule has 0 radical (unpaired) electrons. The molecule has 0 fully saturated rings. The van der Waals surface area contributed by atoms with E-state index in [1.807, 2.05) is 32.0 Å². The summed E-state index contributed by atoms with van der Waals surface area (Å²) in [6.45, 7) is 6.15. The quantitative estimate of drug-likeness (QED) is 0.790. The summed E-state index contributed by atoms with van der Waals surface area (Å²) in [7, 11) is 0. The summed E-state index contributed by atoms with van der Waals surface area (Å²) in [5.41, 5.74) is 2.41. The lowest BCUT2D eigenvalue weighted by Gasteiger charge is -2.15. The molecule has 114 valence electrons. The molecular formula is C18H25NO2. The molecule has 1 aromatic carbocycles. The lowest BCUT2D eigenvalue weighted by atomic mass is 10.0. The van der Waals surface area contributed by atoms with Crippen LogP contribution >= 0.6 is 0 Å². The summed E-state index contributed by atoms with van der Waals surface area (Å²) >= 11 is 0. The van der Waals surface area contributed by atoms with E-state index < -0.39 is 0 Å². The van der Waals surface area contributed by atoms with E-state index in [4.69, 9.17) is 5.11 Å². The van der Waals surface area contributed by atoms with E-state index >= 15 is 0 Å². The van der Waals surface area contributed by atoms with E-state index in [2.05, 4.69) is 24.1 Å². The van der Waals surface area contributed by atoms with Crippen LogP contribution in [-0.2, 0) is 0 Å². The van der Waals surface area contributed by atoms with Crippen LogP contribution in [0.15, 0.2) is 18.2 Å². The van der Waals surface area contributed by atoms with Gasteiger partial charge in [0, 0.05) is 23.6 Å². The molecule has 0 heterocycles. The predicted octanol–water partition coefficient (Wildman–Crippen LogP) is 3.04. The lowest BCUT2D eigenvalue weighted by Crippen LogP contribution is -2.33. The highest BCUT2D eigenvalue weighted by Crippen LogP contribution is 2.13. The van der Waals surface area contributed by atoms with Gasteiger partial charge >= 0.3 is 0 Å². The molecule has 0 bridgehead atoms. The van der Waals surface area contributed by atoms with Crippen LogP contribution in [0.2, 0.25) is 0 Å². The van der Waals surface area contributed by atoms with Gasteiger partial charge in [-0.05, 0) is 38.0 Å². The second kappa shape index (κ2) is 9.20. The topological polar surface area (TPSA) is 49.3 Å². The van der Waals surface area contributed by atoms with Crippen molar-refractivity contribution in [2.75, 3.05) is 6.61 Å². The zero-order chi connectivity index (χ0) is 15.7. The third-order valence-corrected chi connectivity index (χ3v) is 3.41. The average Bonchev–Trinajstić information content (AvgIpc) is 2.47. The Kier molecular flexibility index (Phi) is 7.56. The molecule has 1 rings (SSSR count). The molecule has 1 aromatic rings. The number of nitrogens with one attached hydrogen (secondary N) is 1. The minimum absolute atomic E-state index is 0.0399. The van der Waals surface area contributed by atoms with E-state index in [1.165, 1.54) is 0 Å². The van der Waals surface area contributed by atoms with Gasteiger partial charge in [-0.2, -0.15) is 0 Å². The molecule has 0 saturated carbocycles. The van der Waals surface area contributed by atoms with Crippen molar-refractivity contribution in [2.24, 2.45) is 0 Å². The summed E-state index contributed by atoms with van der Waals surface area (Å²) in [4.78, 5) is 12.3. The zero-order valence-corrected chi connectivity index (χ0v) is 13.2. The van der Waals surface area contributed by atoms with Gasteiger partial charge in [0.2, 0.25) is 0 Å². The van der Waals surface area contributed by atoms with E-state index in [1.54, 1.807) is 0 Å². The van der Waals surface area contributed by atoms with Crippen LogP contribution in [-0.4, -0.2) is 23.7 Å². The maximum Gasteiger partial charge on any atom is 0.251 e. The molecule has 0 saturated heterocycles. The molecule has 0 aliphatic rings. The number of amides is 1. The van der Waals surface area contributed by atoms with Gasteiger partial charge in [-0.25, -0.2) is 0 Å². The number of hydrogen-bond acceptors (Lipinski definition) is 2. The van der Waals surface area contributed by atoms with Gasteiger partial charge < -0.3 is 10.4 Å². The number of carbonyl (C=O) groups is 1. The Morgan fingerprint density at radius 3 is 2.86 bits per heavy atom. The molecule has 1 amide bonds. The maximum absolute atomic E-state index is 12.3. The molecule has 1 atom stereocenters. The third kappa shape index (κ3) is 5.61. The average molecular weight is 287 g/mol. The minimum Gasteiger partial charge on any atom is -0.395 e. The molecule has 0 aliphatic carbocycles. The Hall–Kier alpha value is -1.79. The molecule has 3 heteroatoms. The fourth-order valence-corrected chi connectivity index (χ4v) is 2.11. The van der Waals surface area contributed by atoms with Crippen LogP contribution < -0.4 is 5.32 Å². The Morgan fingerprint density at radius 1 is 1.43 bits per heavy atom. The number of benzene rings is 1. The van der Waals surface area contributed by atoms with Crippen molar-refractivity contribution in [3.63, 3.8) is 0 Å². The Bertz CT molecular complexity index is 526. The fraction of sp³-hybridized carbons (Fsp3) is 0.500. The number of rotatable bonds is 6. The van der Waals surface area contributed by atoms with Crippen molar-refractivity contribution in [1.29, 1.82) is 0 Å². The van der Waals surface area contributed by atoms with Crippen LogP contribution in [0.25, 0.3) is 0 Å². The molecule has 0 spiro atoms. The molecule has 0 aromatic heterocycles. The second-order valence-electron chi connectivity index (χ2n) is 5.27. The first-order valence-corrected chi connectivity index (χ1v) is 7.60. The minimum atomic E-state index is -0.0399. The molecular weight excluding hydrogens is 262 g/mol. The van der Waals surface area contributed by atoms with Gasteiger partial charge in [-0.1, -0.05) is 37.7 Å².